The Morgan fingerprint density at radius 3 is 2.35 bits per heavy atom. The van der Waals surface area contributed by atoms with Crippen molar-refractivity contribution in [2.24, 2.45) is 0 Å². The van der Waals surface area contributed by atoms with Crippen molar-refractivity contribution in [2.45, 2.75) is 50.9 Å². The number of hydrogen-bond donors (Lipinski definition) is 0. The molecule has 0 heterocycles. The molecule has 0 radical (unpaired) electrons. The number of rotatable bonds is 5. The Balaban J connectivity index is 2.20. The maximum absolute atomic E-state index is 12.1. The van der Waals surface area contributed by atoms with Crippen LogP contribution in [-0.4, -0.2) is 18.4 Å². The van der Waals surface area contributed by atoms with Crippen LogP contribution in [0.2, 0.25) is 0 Å². The first kappa shape index (κ1) is 14.8. The van der Waals surface area contributed by atoms with E-state index in [0.717, 1.165) is 25.7 Å². The molecule has 108 valence electrons. The molecule has 1 aromatic carbocycles. The highest BCUT2D eigenvalue weighted by Gasteiger charge is 2.37. The van der Waals surface area contributed by atoms with E-state index < -0.39 is 11.8 Å². The van der Waals surface area contributed by atoms with Crippen LogP contribution in [0, 0.1) is 0 Å². The molecular weight excluding hydrogens is 252 g/mol. The van der Waals surface area contributed by atoms with Gasteiger partial charge < -0.3 is 4.74 Å². The zero-order valence-electron chi connectivity index (χ0n) is 12.1. The van der Waals surface area contributed by atoms with Crippen molar-refractivity contribution in [3.63, 3.8) is 0 Å². The van der Waals surface area contributed by atoms with E-state index in [2.05, 4.69) is 12.1 Å². The Labute approximate surface area is 120 Å². The summed E-state index contributed by atoms with van der Waals surface area (Å²) in [7, 11) is 0. The minimum Gasteiger partial charge on any atom is -0.460 e. The number of ketones is 1. The summed E-state index contributed by atoms with van der Waals surface area (Å²) in [5, 5.41) is 0. The molecule has 0 unspecified atom stereocenters. The van der Waals surface area contributed by atoms with Crippen molar-refractivity contribution in [3.05, 3.63) is 35.9 Å². The van der Waals surface area contributed by atoms with Gasteiger partial charge in [0.05, 0.1) is 6.61 Å². The monoisotopic (exact) mass is 274 g/mol. The van der Waals surface area contributed by atoms with E-state index in [4.69, 9.17) is 4.74 Å². The van der Waals surface area contributed by atoms with E-state index in [1.165, 1.54) is 12.0 Å². The molecule has 3 heteroatoms. The summed E-state index contributed by atoms with van der Waals surface area (Å²) in [6, 6.07) is 10.1. The summed E-state index contributed by atoms with van der Waals surface area (Å²) in [5.74, 6) is -1.08. The van der Waals surface area contributed by atoms with Gasteiger partial charge in [-0.3, -0.25) is 4.79 Å². The SMILES string of the molecule is CCOC(=O)C(=O)CC1(c2ccccc2)CCCCC1. The van der Waals surface area contributed by atoms with E-state index in [9.17, 15) is 9.59 Å². The van der Waals surface area contributed by atoms with Crippen LogP contribution in [0.1, 0.15) is 51.0 Å². The van der Waals surface area contributed by atoms with Crippen molar-refractivity contribution < 1.29 is 14.3 Å². The molecule has 0 N–H and O–H groups in total. The number of hydrogen-bond acceptors (Lipinski definition) is 3. The Bertz CT molecular complexity index is 458. The third-order valence-electron chi connectivity index (χ3n) is 4.20. The lowest BCUT2D eigenvalue weighted by Crippen LogP contribution is -2.34. The molecule has 1 saturated carbocycles. The number of esters is 1. The molecule has 0 atom stereocenters. The molecule has 2 rings (SSSR count). The normalized spacial score (nSPS) is 17.4. The molecule has 0 aliphatic heterocycles. The second kappa shape index (κ2) is 6.69. The van der Waals surface area contributed by atoms with Gasteiger partial charge in [-0.25, -0.2) is 4.79 Å². The predicted octanol–water partition coefficient (Wildman–Crippen LogP) is 3.41. The second-order valence-corrected chi connectivity index (χ2v) is 5.53. The number of benzene rings is 1. The molecule has 0 amide bonds. The lowest BCUT2D eigenvalue weighted by atomic mass is 9.66. The minimum atomic E-state index is -0.687. The Morgan fingerprint density at radius 1 is 1.10 bits per heavy atom. The van der Waals surface area contributed by atoms with Crippen molar-refractivity contribution in [1.82, 2.24) is 0 Å². The number of Topliss-reactive ketones (excluding diaryl/α,β-unsaturated/α-hetero) is 1. The van der Waals surface area contributed by atoms with Crippen LogP contribution in [0.4, 0.5) is 0 Å². The van der Waals surface area contributed by atoms with Crippen LogP contribution >= 0.6 is 0 Å². The first-order chi connectivity index (χ1) is 9.68. The molecule has 1 aliphatic carbocycles. The van der Waals surface area contributed by atoms with E-state index in [1.54, 1.807) is 6.92 Å². The zero-order valence-corrected chi connectivity index (χ0v) is 12.1. The maximum Gasteiger partial charge on any atom is 0.374 e. The van der Waals surface area contributed by atoms with Gasteiger partial charge in [0.1, 0.15) is 0 Å². The fourth-order valence-corrected chi connectivity index (χ4v) is 3.18. The van der Waals surface area contributed by atoms with Gasteiger partial charge in [0, 0.05) is 11.8 Å². The summed E-state index contributed by atoms with van der Waals surface area (Å²) < 4.78 is 4.84. The quantitative estimate of drug-likeness (QED) is 0.610. The van der Waals surface area contributed by atoms with Gasteiger partial charge in [0.25, 0.3) is 0 Å². The van der Waals surface area contributed by atoms with Crippen LogP contribution in [0.25, 0.3) is 0 Å². The van der Waals surface area contributed by atoms with Gasteiger partial charge in [0.15, 0.2) is 0 Å². The fourth-order valence-electron chi connectivity index (χ4n) is 3.18. The van der Waals surface area contributed by atoms with Crippen LogP contribution in [0.15, 0.2) is 30.3 Å². The van der Waals surface area contributed by atoms with Gasteiger partial charge in [-0.2, -0.15) is 0 Å². The molecule has 3 nitrogen and oxygen atoms in total. The van der Waals surface area contributed by atoms with E-state index in [1.807, 2.05) is 18.2 Å². The summed E-state index contributed by atoms with van der Waals surface area (Å²) in [5.41, 5.74) is 1.00. The van der Waals surface area contributed by atoms with Gasteiger partial charge in [-0.1, -0.05) is 49.6 Å². The number of ether oxygens (including phenoxy) is 1. The summed E-state index contributed by atoms with van der Waals surface area (Å²) in [6.07, 6.45) is 5.67. The highest BCUT2D eigenvalue weighted by Crippen LogP contribution is 2.42. The van der Waals surface area contributed by atoms with Crippen LogP contribution in [0.3, 0.4) is 0 Å². The summed E-state index contributed by atoms with van der Waals surface area (Å²) in [6.45, 7) is 1.97. The molecule has 1 aliphatic rings. The average molecular weight is 274 g/mol. The fraction of sp³-hybridized carbons (Fsp3) is 0.529. The zero-order chi connectivity index (χ0) is 14.4. The van der Waals surface area contributed by atoms with Crippen LogP contribution < -0.4 is 0 Å². The van der Waals surface area contributed by atoms with Crippen LogP contribution in [-0.2, 0) is 19.7 Å². The summed E-state index contributed by atoms with van der Waals surface area (Å²) >= 11 is 0. The van der Waals surface area contributed by atoms with Gasteiger partial charge in [-0.15, -0.1) is 0 Å². The molecular formula is C17H22O3. The van der Waals surface area contributed by atoms with E-state index in [-0.39, 0.29) is 18.4 Å². The minimum absolute atomic E-state index is 0.177. The highest BCUT2D eigenvalue weighted by atomic mass is 16.5. The Kier molecular flexibility index (Phi) is 4.94. The third kappa shape index (κ3) is 3.27. The highest BCUT2D eigenvalue weighted by molar-refractivity contribution is 6.33. The topological polar surface area (TPSA) is 43.4 Å². The smallest absolute Gasteiger partial charge is 0.374 e. The molecule has 0 bridgehead atoms. The first-order valence-electron chi connectivity index (χ1n) is 7.43. The lowest BCUT2D eigenvalue weighted by Gasteiger charge is -2.37. The van der Waals surface area contributed by atoms with Gasteiger partial charge in [-0.05, 0) is 25.3 Å². The number of carbonyl (C=O) groups is 2. The lowest BCUT2D eigenvalue weighted by molar-refractivity contribution is -0.154. The Morgan fingerprint density at radius 2 is 1.75 bits per heavy atom. The van der Waals surface area contributed by atoms with Crippen molar-refractivity contribution in [1.29, 1.82) is 0 Å². The molecule has 1 fully saturated rings. The number of carbonyl (C=O) groups excluding carboxylic acids is 2. The second-order valence-electron chi connectivity index (χ2n) is 5.53. The first-order valence-corrected chi connectivity index (χ1v) is 7.43. The van der Waals surface area contributed by atoms with Crippen molar-refractivity contribution >= 4 is 11.8 Å². The maximum atomic E-state index is 12.1. The largest absolute Gasteiger partial charge is 0.460 e. The van der Waals surface area contributed by atoms with E-state index >= 15 is 0 Å². The molecule has 1 aromatic rings. The van der Waals surface area contributed by atoms with Crippen molar-refractivity contribution in [3.8, 4) is 0 Å². The summed E-state index contributed by atoms with van der Waals surface area (Å²) in [4.78, 5) is 23.7. The predicted molar refractivity (Wildman–Crippen MR) is 77.5 cm³/mol. The average Bonchev–Trinajstić information content (AvgIpc) is 2.49. The Hall–Kier alpha value is -1.64. The molecule has 0 saturated heterocycles. The van der Waals surface area contributed by atoms with E-state index in [0.29, 0.717) is 0 Å². The van der Waals surface area contributed by atoms with Gasteiger partial charge >= 0.3 is 5.97 Å². The molecule has 0 aromatic heterocycles. The van der Waals surface area contributed by atoms with Gasteiger partial charge in [0.2, 0.25) is 5.78 Å². The molecule has 0 spiro atoms. The third-order valence-corrected chi connectivity index (χ3v) is 4.20. The molecule has 20 heavy (non-hydrogen) atoms. The van der Waals surface area contributed by atoms with Crippen molar-refractivity contribution in [2.75, 3.05) is 6.61 Å². The standard InChI is InChI=1S/C17H22O3/c1-2-20-16(19)15(18)13-17(11-7-4-8-12-17)14-9-5-3-6-10-14/h3,5-6,9-10H,2,4,7-8,11-13H2,1H3. The van der Waals surface area contributed by atoms with Crippen LogP contribution in [0.5, 0.6) is 0 Å².